The molecule has 0 aromatic heterocycles. The molecule has 0 N–H and O–H groups in total. The van der Waals surface area contributed by atoms with Crippen molar-refractivity contribution in [2.75, 3.05) is 40.3 Å². The highest BCUT2D eigenvalue weighted by atomic mass is 16.5. The Morgan fingerprint density at radius 2 is 1.93 bits per heavy atom. The molecule has 1 aromatic carbocycles. The van der Waals surface area contributed by atoms with Gasteiger partial charge in [-0.25, -0.2) is 0 Å². The summed E-state index contributed by atoms with van der Waals surface area (Å²) >= 11 is 0. The Kier molecular flexibility index (Phi) is 5.96. The van der Waals surface area contributed by atoms with E-state index in [9.17, 15) is 4.79 Å². The lowest BCUT2D eigenvalue weighted by molar-refractivity contribution is -0.132. The first-order valence-corrected chi connectivity index (χ1v) is 11.2. The van der Waals surface area contributed by atoms with Crippen molar-refractivity contribution in [3.8, 4) is 5.75 Å². The van der Waals surface area contributed by atoms with Crippen molar-refractivity contribution in [2.45, 2.75) is 51.4 Å². The van der Waals surface area contributed by atoms with Gasteiger partial charge in [-0.2, -0.15) is 0 Å². The first-order chi connectivity index (χ1) is 13.6. The maximum absolute atomic E-state index is 12.8. The first-order valence-electron chi connectivity index (χ1n) is 11.2. The number of benzene rings is 1. The third kappa shape index (κ3) is 4.22. The van der Waals surface area contributed by atoms with Gasteiger partial charge >= 0.3 is 0 Å². The largest absolute Gasteiger partial charge is 0.496 e. The van der Waals surface area contributed by atoms with Crippen molar-refractivity contribution in [1.82, 2.24) is 9.80 Å². The molecule has 1 aliphatic heterocycles. The number of ether oxygens (including phenoxy) is 1. The second-order valence-electron chi connectivity index (χ2n) is 9.39. The quantitative estimate of drug-likeness (QED) is 0.713. The van der Waals surface area contributed by atoms with E-state index in [1.54, 1.807) is 7.11 Å². The summed E-state index contributed by atoms with van der Waals surface area (Å²) in [7, 11) is 3.79. The fourth-order valence-corrected chi connectivity index (χ4v) is 5.65. The summed E-state index contributed by atoms with van der Waals surface area (Å²) in [4.78, 5) is 17.5. The number of carbonyl (C=O) groups is 1. The van der Waals surface area contributed by atoms with Crippen LogP contribution in [0.1, 0.15) is 50.5 Å². The van der Waals surface area contributed by atoms with Crippen LogP contribution in [0.25, 0.3) is 0 Å². The normalized spacial score (nSPS) is 24.4. The molecular weight excluding hydrogens is 348 g/mol. The number of likely N-dealkylation sites (tertiary alicyclic amines) is 1. The molecule has 4 rings (SSSR count). The van der Waals surface area contributed by atoms with Crippen molar-refractivity contribution >= 4 is 5.91 Å². The Bertz CT molecular complexity index is 675. The molecule has 1 amide bonds. The Balaban J connectivity index is 1.18. The lowest BCUT2D eigenvalue weighted by Gasteiger charge is -2.34. The maximum Gasteiger partial charge on any atom is 0.226 e. The van der Waals surface area contributed by atoms with E-state index in [1.165, 1.54) is 44.1 Å². The fourth-order valence-electron chi connectivity index (χ4n) is 5.65. The van der Waals surface area contributed by atoms with Gasteiger partial charge in [0.2, 0.25) is 5.91 Å². The van der Waals surface area contributed by atoms with E-state index in [4.69, 9.17) is 4.74 Å². The lowest BCUT2D eigenvalue weighted by atomic mass is 9.95. The van der Waals surface area contributed by atoms with Crippen LogP contribution in [0.3, 0.4) is 0 Å². The highest BCUT2D eigenvalue weighted by Gasteiger charge is 2.59. The predicted molar refractivity (Wildman–Crippen MR) is 113 cm³/mol. The van der Waals surface area contributed by atoms with E-state index in [0.29, 0.717) is 23.2 Å². The first kappa shape index (κ1) is 19.8. The van der Waals surface area contributed by atoms with Gasteiger partial charge in [0, 0.05) is 26.1 Å². The molecule has 0 unspecified atom stereocenters. The summed E-state index contributed by atoms with van der Waals surface area (Å²) < 4.78 is 5.47. The molecule has 4 heteroatoms. The van der Waals surface area contributed by atoms with Crippen LogP contribution >= 0.6 is 0 Å². The summed E-state index contributed by atoms with van der Waals surface area (Å²) in [5, 5.41) is 0. The second-order valence-corrected chi connectivity index (χ2v) is 9.39. The third-order valence-electron chi connectivity index (χ3n) is 7.59. The number of rotatable bonds is 7. The number of amides is 1. The molecule has 1 saturated heterocycles. The molecule has 2 aliphatic carbocycles. The van der Waals surface area contributed by atoms with Crippen molar-refractivity contribution in [3.05, 3.63) is 29.8 Å². The van der Waals surface area contributed by atoms with E-state index in [1.807, 2.05) is 19.2 Å². The van der Waals surface area contributed by atoms with Crippen LogP contribution in [-0.4, -0.2) is 56.0 Å². The van der Waals surface area contributed by atoms with Gasteiger partial charge in [-0.1, -0.05) is 31.0 Å². The predicted octanol–water partition coefficient (Wildman–Crippen LogP) is 3.99. The van der Waals surface area contributed by atoms with Crippen molar-refractivity contribution in [2.24, 2.45) is 17.3 Å². The molecule has 2 saturated carbocycles. The average Bonchev–Trinajstić information content (AvgIpc) is 3.22. The minimum absolute atomic E-state index is 0.348. The molecule has 4 nitrogen and oxygen atoms in total. The molecule has 1 heterocycles. The van der Waals surface area contributed by atoms with Crippen LogP contribution in [0, 0.1) is 17.3 Å². The van der Waals surface area contributed by atoms with Crippen LogP contribution in [0.5, 0.6) is 5.75 Å². The summed E-state index contributed by atoms with van der Waals surface area (Å²) in [5.41, 5.74) is 1.72. The Morgan fingerprint density at radius 1 is 1.21 bits per heavy atom. The van der Waals surface area contributed by atoms with Crippen LogP contribution in [0.15, 0.2) is 24.3 Å². The van der Waals surface area contributed by atoms with Crippen LogP contribution in [-0.2, 0) is 11.2 Å². The molecule has 3 fully saturated rings. The zero-order valence-electron chi connectivity index (χ0n) is 17.7. The van der Waals surface area contributed by atoms with E-state index < -0.39 is 0 Å². The second kappa shape index (κ2) is 8.44. The molecule has 1 aromatic rings. The zero-order valence-corrected chi connectivity index (χ0v) is 17.7. The highest BCUT2D eigenvalue weighted by molar-refractivity contribution is 5.82. The average molecular weight is 385 g/mol. The summed E-state index contributed by atoms with van der Waals surface area (Å²) in [6, 6.07) is 8.33. The van der Waals surface area contributed by atoms with Gasteiger partial charge in [-0.3, -0.25) is 4.79 Å². The van der Waals surface area contributed by atoms with Gasteiger partial charge in [-0.15, -0.1) is 0 Å². The van der Waals surface area contributed by atoms with Gasteiger partial charge in [0.05, 0.1) is 7.11 Å². The molecular formula is C24H36N2O2. The Morgan fingerprint density at radius 3 is 2.64 bits per heavy atom. The summed E-state index contributed by atoms with van der Waals surface area (Å²) in [6.07, 6.45) is 9.87. The van der Waals surface area contributed by atoms with Crippen molar-refractivity contribution in [1.29, 1.82) is 0 Å². The van der Waals surface area contributed by atoms with Gasteiger partial charge < -0.3 is 14.5 Å². The number of hydrogen-bond donors (Lipinski definition) is 0. The number of piperidine rings is 1. The van der Waals surface area contributed by atoms with E-state index in [2.05, 4.69) is 21.9 Å². The van der Waals surface area contributed by atoms with Gasteiger partial charge in [-0.05, 0) is 74.6 Å². The zero-order chi connectivity index (χ0) is 19.6. The number of hydrogen-bond acceptors (Lipinski definition) is 3. The fraction of sp³-hybridized carbons (Fsp3) is 0.708. The molecule has 154 valence electrons. The van der Waals surface area contributed by atoms with Gasteiger partial charge in [0.25, 0.3) is 0 Å². The maximum atomic E-state index is 12.8. The smallest absolute Gasteiger partial charge is 0.226 e. The molecule has 1 spiro atoms. The number of nitrogens with zero attached hydrogens (tertiary/aromatic N) is 2. The monoisotopic (exact) mass is 384 g/mol. The van der Waals surface area contributed by atoms with Crippen LogP contribution < -0.4 is 4.74 Å². The van der Waals surface area contributed by atoms with E-state index in [0.717, 1.165) is 44.8 Å². The van der Waals surface area contributed by atoms with E-state index in [-0.39, 0.29) is 0 Å². The van der Waals surface area contributed by atoms with E-state index >= 15 is 0 Å². The van der Waals surface area contributed by atoms with Gasteiger partial charge in [0.1, 0.15) is 5.75 Å². The third-order valence-corrected chi connectivity index (χ3v) is 7.59. The molecule has 3 aliphatic rings. The van der Waals surface area contributed by atoms with Crippen LogP contribution in [0.4, 0.5) is 0 Å². The Hall–Kier alpha value is -1.55. The van der Waals surface area contributed by atoms with Crippen molar-refractivity contribution < 1.29 is 9.53 Å². The standard InChI is InChI=1S/C24H36N2O2/c1-25(23(27)21-17-24(21)12-5-6-13-24)18-19-9-14-26(15-10-19)16-11-20-7-3-4-8-22(20)28-2/h3-4,7-8,19,21H,5-6,9-18H2,1-2H3/t21-/m1/s1. The van der Waals surface area contributed by atoms with Crippen LogP contribution in [0.2, 0.25) is 0 Å². The number of carbonyl (C=O) groups excluding carboxylic acids is 1. The number of methoxy groups -OCH3 is 1. The minimum atomic E-state index is 0.348. The summed E-state index contributed by atoms with van der Waals surface area (Å²) in [6.45, 7) is 4.34. The molecule has 0 radical (unpaired) electrons. The lowest BCUT2D eigenvalue weighted by Crippen LogP contribution is -2.40. The Labute approximate surface area is 170 Å². The SMILES string of the molecule is COc1ccccc1CCN1CCC(CN(C)C(=O)[C@H]2CC23CCCC3)CC1. The van der Waals surface area contributed by atoms with Gasteiger partial charge in [0.15, 0.2) is 0 Å². The summed E-state index contributed by atoms with van der Waals surface area (Å²) in [5.74, 6) is 2.44. The number of para-hydroxylation sites is 1. The topological polar surface area (TPSA) is 32.8 Å². The highest BCUT2D eigenvalue weighted by Crippen LogP contribution is 2.63. The van der Waals surface area contributed by atoms with Crippen molar-refractivity contribution in [3.63, 3.8) is 0 Å². The molecule has 0 bridgehead atoms. The molecule has 1 atom stereocenters. The minimum Gasteiger partial charge on any atom is -0.496 e. The molecule has 28 heavy (non-hydrogen) atoms.